The number of unbranched alkanes of at least 4 members (excludes halogenated alkanes) is 16. The van der Waals surface area contributed by atoms with Crippen molar-refractivity contribution < 1.29 is 28.6 Å². The zero-order chi connectivity index (χ0) is 43.7. The van der Waals surface area contributed by atoms with E-state index in [1.807, 2.05) is 12.2 Å². The smallest absolute Gasteiger partial charge is 0.306 e. The lowest BCUT2D eigenvalue weighted by atomic mass is 10.1. The summed E-state index contributed by atoms with van der Waals surface area (Å²) in [6.07, 6.45) is 62.5. The molecule has 6 nitrogen and oxygen atoms in total. The van der Waals surface area contributed by atoms with Crippen LogP contribution < -0.4 is 0 Å². The van der Waals surface area contributed by atoms with Gasteiger partial charge >= 0.3 is 17.9 Å². The summed E-state index contributed by atoms with van der Waals surface area (Å²) < 4.78 is 16.7. The molecule has 0 bridgehead atoms. The molecule has 0 N–H and O–H groups in total. The highest BCUT2D eigenvalue weighted by Crippen LogP contribution is 2.12. The summed E-state index contributed by atoms with van der Waals surface area (Å²) in [6.45, 7) is 6.35. The van der Waals surface area contributed by atoms with Crippen molar-refractivity contribution in [1.29, 1.82) is 0 Å². The molecular weight excluding hydrogens is 745 g/mol. The summed E-state index contributed by atoms with van der Waals surface area (Å²) in [6, 6.07) is 0. The van der Waals surface area contributed by atoms with E-state index in [4.69, 9.17) is 14.2 Å². The second-order valence-corrected chi connectivity index (χ2v) is 15.7. The lowest BCUT2D eigenvalue weighted by Gasteiger charge is -2.18. The third kappa shape index (κ3) is 45.4. The quantitative estimate of drug-likeness (QED) is 0.0200. The average molecular weight is 833 g/mol. The zero-order valence-electron chi connectivity index (χ0n) is 38.7. The molecule has 0 fully saturated rings. The van der Waals surface area contributed by atoms with Crippen LogP contribution in [0.2, 0.25) is 0 Å². The van der Waals surface area contributed by atoms with E-state index in [9.17, 15) is 14.4 Å². The van der Waals surface area contributed by atoms with Gasteiger partial charge in [-0.15, -0.1) is 0 Å². The lowest BCUT2D eigenvalue weighted by Crippen LogP contribution is -2.30. The molecule has 1 unspecified atom stereocenters. The fourth-order valence-corrected chi connectivity index (χ4v) is 6.17. The Bertz CT molecular complexity index is 1230. The van der Waals surface area contributed by atoms with Gasteiger partial charge in [-0.25, -0.2) is 0 Å². The first-order valence-corrected chi connectivity index (χ1v) is 24.3. The van der Waals surface area contributed by atoms with Gasteiger partial charge in [0, 0.05) is 19.3 Å². The van der Waals surface area contributed by atoms with Gasteiger partial charge in [-0.2, -0.15) is 0 Å². The zero-order valence-corrected chi connectivity index (χ0v) is 38.7. The molecule has 340 valence electrons. The van der Waals surface area contributed by atoms with Crippen LogP contribution in [0.3, 0.4) is 0 Å². The molecule has 0 heterocycles. The molecule has 0 spiro atoms. The Kier molecular flexibility index (Phi) is 45.1. The van der Waals surface area contributed by atoms with Crippen molar-refractivity contribution in [3.05, 3.63) is 97.2 Å². The van der Waals surface area contributed by atoms with Gasteiger partial charge in [0.1, 0.15) is 13.2 Å². The van der Waals surface area contributed by atoms with Gasteiger partial charge in [0.2, 0.25) is 0 Å². The lowest BCUT2D eigenvalue weighted by molar-refractivity contribution is -0.166. The fourth-order valence-electron chi connectivity index (χ4n) is 6.17. The van der Waals surface area contributed by atoms with Crippen LogP contribution in [0.25, 0.3) is 0 Å². The second-order valence-electron chi connectivity index (χ2n) is 15.7. The molecule has 0 amide bonds. The number of esters is 3. The number of hydrogen-bond donors (Lipinski definition) is 0. The number of allylic oxidation sites excluding steroid dienone is 16. The first-order valence-electron chi connectivity index (χ1n) is 24.3. The van der Waals surface area contributed by atoms with Crippen molar-refractivity contribution in [2.24, 2.45) is 0 Å². The molecule has 0 aromatic carbocycles. The first-order chi connectivity index (χ1) is 29.5. The maximum atomic E-state index is 12.8. The predicted molar refractivity (Wildman–Crippen MR) is 256 cm³/mol. The molecule has 6 heteroatoms. The maximum absolute atomic E-state index is 12.8. The van der Waals surface area contributed by atoms with Gasteiger partial charge in [0.15, 0.2) is 6.10 Å². The largest absolute Gasteiger partial charge is 0.462 e. The van der Waals surface area contributed by atoms with E-state index >= 15 is 0 Å². The van der Waals surface area contributed by atoms with Crippen LogP contribution >= 0.6 is 0 Å². The van der Waals surface area contributed by atoms with E-state index in [-0.39, 0.29) is 37.5 Å². The second kappa shape index (κ2) is 48.0. The van der Waals surface area contributed by atoms with Gasteiger partial charge in [0.05, 0.1) is 0 Å². The summed E-state index contributed by atoms with van der Waals surface area (Å²) in [4.78, 5) is 37.8. The minimum atomic E-state index is -0.816. The van der Waals surface area contributed by atoms with Gasteiger partial charge in [-0.1, -0.05) is 189 Å². The highest BCUT2D eigenvalue weighted by atomic mass is 16.6. The van der Waals surface area contributed by atoms with E-state index in [0.717, 1.165) is 96.3 Å². The fraction of sp³-hybridized carbons (Fsp3) is 0.648. The summed E-state index contributed by atoms with van der Waals surface area (Å²) in [5.74, 6) is -1.03. The average Bonchev–Trinajstić information content (AvgIpc) is 3.24. The molecule has 0 aromatic rings. The third-order valence-corrected chi connectivity index (χ3v) is 9.83. The number of hydrogen-bond acceptors (Lipinski definition) is 6. The van der Waals surface area contributed by atoms with E-state index in [2.05, 4.69) is 106 Å². The third-order valence-electron chi connectivity index (χ3n) is 9.83. The standard InChI is InChI=1S/C54H88O6/c1-4-7-10-13-16-19-22-24-26-28-29-32-35-38-41-44-47-53(56)59-50-51(49-58-52(55)46-43-40-37-34-31-21-18-15-12-9-6-3)60-54(57)48-45-42-39-36-33-30-27-25-23-20-17-14-11-8-5-2/h7,10,15-20,23-26,29,32,38,41,51H,4-6,8-9,11-14,21-22,27-28,30-31,33-37,39-40,42-50H2,1-3H3/b10-7-,18-15-,19-16-,20-17-,25-23-,26-24-,32-29-,41-38-. The molecular formula is C54H88O6. The Morgan fingerprint density at radius 1 is 0.367 bits per heavy atom. The monoisotopic (exact) mass is 833 g/mol. The summed E-state index contributed by atoms with van der Waals surface area (Å²) >= 11 is 0. The van der Waals surface area contributed by atoms with Crippen molar-refractivity contribution in [1.82, 2.24) is 0 Å². The van der Waals surface area contributed by atoms with E-state index in [1.165, 1.54) is 64.2 Å². The van der Waals surface area contributed by atoms with E-state index < -0.39 is 6.10 Å². The summed E-state index contributed by atoms with van der Waals surface area (Å²) in [7, 11) is 0. The molecule has 60 heavy (non-hydrogen) atoms. The van der Waals surface area contributed by atoms with E-state index in [1.54, 1.807) is 0 Å². The van der Waals surface area contributed by atoms with Crippen LogP contribution in [0.1, 0.15) is 207 Å². The van der Waals surface area contributed by atoms with Crippen LogP contribution in [-0.2, 0) is 28.6 Å². The van der Waals surface area contributed by atoms with Crippen LogP contribution in [0.4, 0.5) is 0 Å². The topological polar surface area (TPSA) is 78.9 Å². The van der Waals surface area contributed by atoms with E-state index in [0.29, 0.717) is 19.3 Å². The molecule has 0 aromatic heterocycles. The van der Waals surface area contributed by atoms with Crippen LogP contribution in [0.5, 0.6) is 0 Å². The Morgan fingerprint density at radius 3 is 1.27 bits per heavy atom. The normalized spacial score (nSPS) is 12.9. The number of rotatable bonds is 42. The minimum Gasteiger partial charge on any atom is -0.462 e. The highest BCUT2D eigenvalue weighted by Gasteiger charge is 2.19. The SMILES string of the molecule is CC/C=C\C/C=C\C/C=C\C/C=C\C/C=C\CCC(=O)OCC(COC(=O)CCCCCCC/C=C\CCCC)OC(=O)CCCCCCCC/C=C\C=C/CCCCC. The van der Waals surface area contributed by atoms with Crippen molar-refractivity contribution in [2.45, 2.75) is 213 Å². The van der Waals surface area contributed by atoms with Crippen LogP contribution in [0.15, 0.2) is 97.2 Å². The number of carbonyl (C=O) groups excluding carboxylic acids is 3. The summed E-state index contributed by atoms with van der Waals surface area (Å²) in [5, 5.41) is 0. The molecule has 0 radical (unpaired) electrons. The maximum Gasteiger partial charge on any atom is 0.306 e. The van der Waals surface area contributed by atoms with Crippen molar-refractivity contribution >= 4 is 17.9 Å². The molecule has 1 atom stereocenters. The Labute approximate surface area is 368 Å². The molecule has 0 saturated carbocycles. The minimum absolute atomic E-state index is 0.111. The van der Waals surface area contributed by atoms with Gasteiger partial charge in [0.25, 0.3) is 0 Å². The van der Waals surface area contributed by atoms with Crippen molar-refractivity contribution in [3.8, 4) is 0 Å². The molecule has 0 rings (SSSR count). The predicted octanol–water partition coefficient (Wildman–Crippen LogP) is 15.8. The van der Waals surface area contributed by atoms with Gasteiger partial charge < -0.3 is 14.2 Å². The summed E-state index contributed by atoms with van der Waals surface area (Å²) in [5.41, 5.74) is 0. The molecule has 0 aliphatic heterocycles. The van der Waals surface area contributed by atoms with Crippen molar-refractivity contribution in [3.63, 3.8) is 0 Å². The molecule has 0 aliphatic carbocycles. The van der Waals surface area contributed by atoms with Gasteiger partial charge in [-0.05, 0) is 96.3 Å². The number of carbonyl (C=O) groups is 3. The van der Waals surface area contributed by atoms with Crippen LogP contribution in [-0.4, -0.2) is 37.2 Å². The Morgan fingerprint density at radius 2 is 0.750 bits per heavy atom. The first kappa shape index (κ1) is 56.3. The van der Waals surface area contributed by atoms with Crippen LogP contribution in [0, 0.1) is 0 Å². The molecule has 0 saturated heterocycles. The molecule has 0 aliphatic rings. The Hall–Kier alpha value is -3.67. The highest BCUT2D eigenvalue weighted by molar-refractivity contribution is 5.71. The number of ether oxygens (including phenoxy) is 3. The van der Waals surface area contributed by atoms with Gasteiger partial charge in [-0.3, -0.25) is 14.4 Å². The van der Waals surface area contributed by atoms with Crippen molar-refractivity contribution in [2.75, 3.05) is 13.2 Å². The Balaban J connectivity index is 4.53.